The van der Waals surface area contributed by atoms with E-state index in [-0.39, 0.29) is 11.8 Å². The van der Waals surface area contributed by atoms with Crippen LogP contribution in [0, 0.1) is 0 Å². The van der Waals surface area contributed by atoms with E-state index in [1.165, 1.54) is 0 Å². The van der Waals surface area contributed by atoms with Gasteiger partial charge >= 0.3 is 0 Å². The van der Waals surface area contributed by atoms with Crippen molar-refractivity contribution in [1.82, 2.24) is 15.5 Å². The van der Waals surface area contributed by atoms with Gasteiger partial charge in [0, 0.05) is 25.6 Å². The molecule has 1 aromatic carbocycles. The normalized spacial score (nSPS) is 19.5. The van der Waals surface area contributed by atoms with E-state index in [9.17, 15) is 9.59 Å². The number of hydrogen-bond donors (Lipinski definition) is 2. The Morgan fingerprint density at radius 2 is 2.05 bits per heavy atom. The summed E-state index contributed by atoms with van der Waals surface area (Å²) in [5.74, 6) is -0.127. The molecule has 1 aliphatic heterocycles. The van der Waals surface area contributed by atoms with Crippen LogP contribution in [0.4, 0.5) is 0 Å². The maximum Gasteiger partial charge on any atom is 0.249 e. The lowest BCUT2D eigenvalue weighted by Crippen LogP contribution is -2.50. The van der Waals surface area contributed by atoms with E-state index in [2.05, 4.69) is 10.6 Å². The van der Waals surface area contributed by atoms with Gasteiger partial charge in [0.1, 0.15) is 6.04 Å². The van der Waals surface area contributed by atoms with Crippen LogP contribution in [-0.4, -0.2) is 42.9 Å². The molecule has 0 spiro atoms. The Labute approximate surface area is 132 Å². The Bertz CT molecular complexity index is 504. The zero-order chi connectivity index (χ0) is 15.9. The Morgan fingerprint density at radius 1 is 1.32 bits per heavy atom. The number of carbonyl (C=O) groups excluding carboxylic acids is 2. The summed E-state index contributed by atoms with van der Waals surface area (Å²) in [6.07, 6.45) is 2.44. The van der Waals surface area contributed by atoms with E-state index in [0.29, 0.717) is 19.0 Å². The number of hydrogen-bond acceptors (Lipinski definition) is 3. The molecule has 1 aliphatic rings. The molecule has 1 heterocycles. The highest BCUT2D eigenvalue weighted by Crippen LogP contribution is 2.19. The van der Waals surface area contributed by atoms with Crippen molar-refractivity contribution in [3.05, 3.63) is 35.9 Å². The van der Waals surface area contributed by atoms with Gasteiger partial charge in [-0.05, 0) is 25.5 Å². The predicted octanol–water partition coefficient (Wildman–Crippen LogP) is 1.46. The van der Waals surface area contributed by atoms with Crippen LogP contribution >= 0.6 is 0 Å². The van der Waals surface area contributed by atoms with Crippen molar-refractivity contribution in [2.75, 3.05) is 20.1 Å². The lowest BCUT2D eigenvalue weighted by molar-refractivity contribution is -0.137. The fourth-order valence-electron chi connectivity index (χ4n) is 2.79. The lowest BCUT2D eigenvalue weighted by Gasteiger charge is -2.35. The van der Waals surface area contributed by atoms with Crippen LogP contribution in [0.1, 0.15) is 37.8 Å². The van der Waals surface area contributed by atoms with Gasteiger partial charge in [-0.25, -0.2) is 0 Å². The van der Waals surface area contributed by atoms with Crippen LogP contribution in [0.25, 0.3) is 0 Å². The summed E-state index contributed by atoms with van der Waals surface area (Å²) in [4.78, 5) is 26.6. The molecular weight excluding hydrogens is 278 g/mol. The zero-order valence-corrected chi connectivity index (χ0v) is 13.3. The summed E-state index contributed by atoms with van der Waals surface area (Å²) in [5, 5.41) is 6.10. The average molecular weight is 303 g/mol. The van der Waals surface area contributed by atoms with Crippen molar-refractivity contribution in [2.24, 2.45) is 0 Å². The number of likely N-dealkylation sites (N-methyl/N-ethyl adjacent to an activating group) is 1. The molecule has 0 bridgehead atoms. The highest BCUT2D eigenvalue weighted by Gasteiger charge is 2.30. The molecule has 1 fully saturated rings. The minimum atomic E-state index is -0.593. The van der Waals surface area contributed by atoms with Gasteiger partial charge in [0.25, 0.3) is 0 Å². The minimum absolute atomic E-state index is 0.0204. The second-order valence-electron chi connectivity index (χ2n) is 5.68. The van der Waals surface area contributed by atoms with E-state index in [0.717, 1.165) is 24.9 Å². The first-order valence-electron chi connectivity index (χ1n) is 7.96. The quantitative estimate of drug-likeness (QED) is 0.866. The second kappa shape index (κ2) is 7.94. The van der Waals surface area contributed by atoms with Gasteiger partial charge in [0.05, 0.1) is 0 Å². The number of nitrogens with zero attached hydrogens (tertiary/aromatic N) is 1. The highest BCUT2D eigenvalue weighted by atomic mass is 16.2. The van der Waals surface area contributed by atoms with Crippen LogP contribution in [0.15, 0.2) is 30.3 Å². The Kier molecular flexibility index (Phi) is 5.95. The van der Waals surface area contributed by atoms with Crippen LogP contribution < -0.4 is 10.6 Å². The van der Waals surface area contributed by atoms with E-state index in [4.69, 9.17) is 0 Å². The molecule has 0 saturated carbocycles. The van der Waals surface area contributed by atoms with Crippen LogP contribution in [0.2, 0.25) is 0 Å². The third kappa shape index (κ3) is 4.07. The average Bonchev–Trinajstić information content (AvgIpc) is 2.59. The van der Waals surface area contributed by atoms with Crippen molar-refractivity contribution in [3.8, 4) is 0 Å². The number of carbonyl (C=O) groups is 2. The zero-order valence-electron chi connectivity index (χ0n) is 13.3. The third-order valence-electron chi connectivity index (χ3n) is 4.15. The van der Waals surface area contributed by atoms with Crippen LogP contribution in [0.3, 0.4) is 0 Å². The Morgan fingerprint density at radius 3 is 2.68 bits per heavy atom. The molecule has 0 aliphatic carbocycles. The second-order valence-corrected chi connectivity index (χ2v) is 5.68. The summed E-state index contributed by atoms with van der Waals surface area (Å²) in [5.41, 5.74) is 0.834. The molecule has 2 N–H and O–H groups in total. The maximum atomic E-state index is 12.9. The topological polar surface area (TPSA) is 61.4 Å². The van der Waals surface area contributed by atoms with Gasteiger partial charge in [-0.1, -0.05) is 37.3 Å². The molecule has 2 rings (SSSR count). The lowest BCUT2D eigenvalue weighted by atomic mass is 10.0. The Hall–Kier alpha value is -1.88. The maximum absolute atomic E-state index is 12.9. The SMILES string of the molecule is CCC(=O)NC(C(=O)N1CCCC(NC)C1)c1ccccc1. The molecular formula is C17H25N3O2. The van der Waals surface area contributed by atoms with Crippen molar-refractivity contribution < 1.29 is 9.59 Å². The first-order chi connectivity index (χ1) is 10.7. The van der Waals surface area contributed by atoms with E-state index >= 15 is 0 Å². The highest BCUT2D eigenvalue weighted by molar-refractivity contribution is 5.88. The summed E-state index contributed by atoms with van der Waals surface area (Å²) in [6, 6.07) is 9.20. The first kappa shape index (κ1) is 16.5. The standard InChI is InChI=1S/C17H25N3O2/c1-3-15(21)19-16(13-8-5-4-6-9-13)17(22)20-11-7-10-14(12-20)18-2/h4-6,8-9,14,16,18H,3,7,10-12H2,1-2H3,(H,19,21). The van der Waals surface area contributed by atoms with Gasteiger partial charge in [-0.2, -0.15) is 0 Å². The third-order valence-corrected chi connectivity index (χ3v) is 4.15. The van der Waals surface area contributed by atoms with E-state index in [1.807, 2.05) is 42.3 Å². The van der Waals surface area contributed by atoms with Crippen LogP contribution in [0.5, 0.6) is 0 Å². The number of likely N-dealkylation sites (tertiary alicyclic amines) is 1. The molecule has 1 aromatic rings. The molecule has 120 valence electrons. The molecule has 0 radical (unpaired) electrons. The minimum Gasteiger partial charge on any atom is -0.341 e. The van der Waals surface area contributed by atoms with E-state index < -0.39 is 6.04 Å². The number of rotatable bonds is 5. The molecule has 5 nitrogen and oxygen atoms in total. The molecule has 2 atom stereocenters. The summed E-state index contributed by atoms with van der Waals surface area (Å²) >= 11 is 0. The molecule has 1 saturated heterocycles. The van der Waals surface area contributed by atoms with Crippen molar-refractivity contribution in [1.29, 1.82) is 0 Å². The van der Waals surface area contributed by atoms with Gasteiger partial charge < -0.3 is 15.5 Å². The molecule has 2 amide bonds. The van der Waals surface area contributed by atoms with E-state index in [1.54, 1.807) is 6.92 Å². The largest absolute Gasteiger partial charge is 0.341 e. The van der Waals surface area contributed by atoms with Gasteiger partial charge in [-0.15, -0.1) is 0 Å². The fraction of sp³-hybridized carbons (Fsp3) is 0.529. The number of nitrogens with one attached hydrogen (secondary N) is 2. The van der Waals surface area contributed by atoms with Crippen molar-refractivity contribution >= 4 is 11.8 Å². The number of amides is 2. The van der Waals surface area contributed by atoms with Crippen molar-refractivity contribution in [2.45, 2.75) is 38.3 Å². The molecule has 2 unspecified atom stereocenters. The summed E-state index contributed by atoms with van der Waals surface area (Å²) in [7, 11) is 1.92. The molecule has 22 heavy (non-hydrogen) atoms. The molecule has 0 aromatic heterocycles. The predicted molar refractivity (Wildman–Crippen MR) is 86.3 cm³/mol. The summed E-state index contributed by atoms with van der Waals surface area (Å²) in [6.45, 7) is 3.24. The monoisotopic (exact) mass is 303 g/mol. The van der Waals surface area contributed by atoms with Gasteiger partial charge in [0.15, 0.2) is 0 Å². The number of piperidine rings is 1. The summed E-state index contributed by atoms with van der Waals surface area (Å²) < 4.78 is 0. The van der Waals surface area contributed by atoms with Crippen LogP contribution in [-0.2, 0) is 9.59 Å². The number of benzene rings is 1. The Balaban J connectivity index is 2.17. The van der Waals surface area contributed by atoms with Gasteiger partial charge in [0.2, 0.25) is 11.8 Å². The smallest absolute Gasteiger partial charge is 0.249 e. The van der Waals surface area contributed by atoms with Gasteiger partial charge in [-0.3, -0.25) is 9.59 Å². The van der Waals surface area contributed by atoms with Crippen molar-refractivity contribution in [3.63, 3.8) is 0 Å². The first-order valence-corrected chi connectivity index (χ1v) is 7.96. The fourth-order valence-corrected chi connectivity index (χ4v) is 2.79. The molecule has 5 heteroatoms.